The standard InChI is InChI=1S/C14H18ClN2O2/c1-11-10-17(16)12(9-13(11)15)5-4-8-19-14-6-2-3-7-18-14/h9-10,14H,2-3,6-8,16H2,1H3/q+1. The van der Waals surface area contributed by atoms with E-state index in [0.29, 0.717) is 17.3 Å². The van der Waals surface area contributed by atoms with Crippen LogP contribution in [0.15, 0.2) is 12.3 Å². The predicted octanol–water partition coefficient (Wildman–Crippen LogP) is 1.54. The summed E-state index contributed by atoms with van der Waals surface area (Å²) in [6.45, 7) is 3.00. The van der Waals surface area contributed by atoms with Gasteiger partial charge in [-0.2, -0.15) is 0 Å². The third kappa shape index (κ3) is 4.10. The van der Waals surface area contributed by atoms with Gasteiger partial charge in [0, 0.05) is 24.2 Å². The third-order valence-electron chi connectivity index (χ3n) is 2.95. The van der Waals surface area contributed by atoms with Gasteiger partial charge in [-0.05, 0) is 26.2 Å². The number of hydrogen-bond donors (Lipinski definition) is 1. The Morgan fingerprint density at radius 3 is 3.16 bits per heavy atom. The fourth-order valence-corrected chi connectivity index (χ4v) is 2.00. The molecule has 5 heteroatoms. The third-order valence-corrected chi connectivity index (χ3v) is 3.35. The maximum absolute atomic E-state index is 6.03. The van der Waals surface area contributed by atoms with Gasteiger partial charge in [-0.15, -0.1) is 0 Å². The molecule has 1 atom stereocenters. The lowest BCUT2D eigenvalue weighted by Crippen LogP contribution is -2.47. The SMILES string of the molecule is Cc1c[n+](N)c(C#CCOC2CCCCO2)cc1Cl. The molecule has 2 heterocycles. The van der Waals surface area contributed by atoms with Crippen LogP contribution in [0.5, 0.6) is 0 Å². The van der Waals surface area contributed by atoms with Gasteiger partial charge in [0.1, 0.15) is 6.61 Å². The number of hydrogen-bond acceptors (Lipinski definition) is 3. The van der Waals surface area contributed by atoms with Gasteiger partial charge in [-0.25, -0.2) is 5.84 Å². The van der Waals surface area contributed by atoms with E-state index in [1.165, 1.54) is 4.68 Å². The molecule has 0 radical (unpaired) electrons. The molecule has 1 unspecified atom stereocenters. The maximum atomic E-state index is 6.03. The van der Waals surface area contributed by atoms with Gasteiger partial charge in [0.2, 0.25) is 6.20 Å². The lowest BCUT2D eigenvalue weighted by Gasteiger charge is -2.21. The molecule has 102 valence electrons. The fourth-order valence-electron chi connectivity index (χ4n) is 1.85. The molecular formula is C14H18ClN2O2+. The minimum Gasteiger partial charge on any atom is -0.353 e. The second-order valence-electron chi connectivity index (χ2n) is 4.51. The second-order valence-corrected chi connectivity index (χ2v) is 4.91. The second kappa shape index (κ2) is 6.76. The van der Waals surface area contributed by atoms with Crippen LogP contribution in [0, 0.1) is 18.8 Å². The molecule has 0 amide bonds. The van der Waals surface area contributed by atoms with Crippen molar-refractivity contribution < 1.29 is 14.1 Å². The summed E-state index contributed by atoms with van der Waals surface area (Å²) in [5.41, 5.74) is 1.57. The van der Waals surface area contributed by atoms with Crippen LogP contribution in [-0.2, 0) is 9.47 Å². The van der Waals surface area contributed by atoms with Crippen LogP contribution in [0.2, 0.25) is 5.02 Å². The van der Waals surface area contributed by atoms with E-state index in [1.807, 2.05) is 6.92 Å². The first-order valence-electron chi connectivity index (χ1n) is 6.36. The van der Waals surface area contributed by atoms with Gasteiger partial charge < -0.3 is 9.47 Å². The molecule has 0 saturated carbocycles. The first kappa shape index (κ1) is 14.1. The Balaban J connectivity index is 1.90. The first-order chi connectivity index (χ1) is 9.16. The normalized spacial score (nSPS) is 18.7. The number of nitrogens with zero attached hydrogens (tertiary/aromatic N) is 1. The quantitative estimate of drug-likeness (QED) is 0.508. The molecule has 1 aliphatic rings. The van der Waals surface area contributed by atoms with Gasteiger partial charge in [-0.1, -0.05) is 22.2 Å². The van der Waals surface area contributed by atoms with Crippen LogP contribution in [0.25, 0.3) is 0 Å². The molecule has 0 bridgehead atoms. The fraction of sp³-hybridized carbons (Fsp3) is 0.500. The van der Waals surface area contributed by atoms with Crippen molar-refractivity contribution in [3.63, 3.8) is 0 Å². The lowest BCUT2D eigenvalue weighted by molar-refractivity contribution is -0.641. The van der Waals surface area contributed by atoms with E-state index >= 15 is 0 Å². The van der Waals surface area contributed by atoms with E-state index in [4.69, 9.17) is 26.9 Å². The zero-order valence-electron chi connectivity index (χ0n) is 11.0. The zero-order chi connectivity index (χ0) is 13.7. The molecule has 4 nitrogen and oxygen atoms in total. The summed E-state index contributed by atoms with van der Waals surface area (Å²) in [4.78, 5) is 0. The Kier molecular flexibility index (Phi) is 5.03. The van der Waals surface area contributed by atoms with E-state index in [1.54, 1.807) is 12.3 Å². The smallest absolute Gasteiger partial charge is 0.287 e. The van der Waals surface area contributed by atoms with Gasteiger partial charge in [-0.3, -0.25) is 0 Å². The summed E-state index contributed by atoms with van der Waals surface area (Å²) in [6.07, 6.45) is 4.83. The average molecular weight is 282 g/mol. The van der Waals surface area contributed by atoms with Crippen LogP contribution in [0.1, 0.15) is 30.5 Å². The van der Waals surface area contributed by atoms with E-state index in [-0.39, 0.29) is 6.29 Å². The van der Waals surface area contributed by atoms with Gasteiger partial charge in [0.15, 0.2) is 6.29 Å². The Labute approximate surface area is 118 Å². The summed E-state index contributed by atoms with van der Waals surface area (Å²) in [7, 11) is 0. The van der Waals surface area contributed by atoms with Crippen molar-refractivity contribution in [3.05, 3.63) is 28.5 Å². The number of nitrogens with two attached hydrogens (primary N) is 1. The summed E-state index contributed by atoms with van der Waals surface area (Å²) in [5, 5.41) is 0.655. The number of ether oxygens (including phenoxy) is 2. The van der Waals surface area contributed by atoms with E-state index in [0.717, 1.165) is 31.4 Å². The summed E-state index contributed by atoms with van der Waals surface area (Å²) in [6, 6.07) is 1.75. The molecular weight excluding hydrogens is 264 g/mol. The monoisotopic (exact) mass is 281 g/mol. The number of halogens is 1. The maximum Gasteiger partial charge on any atom is 0.287 e. The highest BCUT2D eigenvalue weighted by atomic mass is 35.5. The number of rotatable bonds is 2. The summed E-state index contributed by atoms with van der Waals surface area (Å²) < 4.78 is 12.4. The largest absolute Gasteiger partial charge is 0.353 e. The summed E-state index contributed by atoms with van der Waals surface area (Å²) in [5.74, 6) is 11.7. The Hall–Kier alpha value is -1.28. The number of pyridine rings is 1. The molecule has 2 rings (SSSR count). The molecule has 1 saturated heterocycles. The van der Waals surface area contributed by atoms with Gasteiger partial charge >= 0.3 is 0 Å². The van der Waals surface area contributed by atoms with Crippen LogP contribution in [-0.4, -0.2) is 19.5 Å². The molecule has 0 aromatic carbocycles. The molecule has 1 aliphatic heterocycles. The molecule has 1 aromatic heterocycles. The van der Waals surface area contributed by atoms with E-state index in [9.17, 15) is 0 Å². The van der Waals surface area contributed by atoms with E-state index in [2.05, 4.69) is 11.8 Å². The molecule has 2 N–H and O–H groups in total. The topological polar surface area (TPSA) is 48.4 Å². The van der Waals surface area contributed by atoms with Crippen molar-refractivity contribution in [3.8, 4) is 11.8 Å². The van der Waals surface area contributed by atoms with Gasteiger partial charge in [0.25, 0.3) is 5.69 Å². The van der Waals surface area contributed by atoms with Crippen LogP contribution >= 0.6 is 11.6 Å². The number of nitrogen functional groups attached to an aromatic ring is 1. The van der Waals surface area contributed by atoms with E-state index < -0.39 is 0 Å². The molecule has 0 spiro atoms. The first-order valence-corrected chi connectivity index (χ1v) is 6.73. The Morgan fingerprint density at radius 1 is 1.58 bits per heavy atom. The minimum atomic E-state index is -0.116. The average Bonchev–Trinajstić information content (AvgIpc) is 2.41. The highest BCUT2D eigenvalue weighted by Gasteiger charge is 2.13. The van der Waals surface area contributed by atoms with Gasteiger partial charge in [0.05, 0.1) is 5.02 Å². The zero-order valence-corrected chi connectivity index (χ0v) is 11.7. The van der Waals surface area contributed by atoms with Crippen molar-refractivity contribution in [2.75, 3.05) is 19.1 Å². The van der Waals surface area contributed by atoms with Crippen molar-refractivity contribution in [1.29, 1.82) is 0 Å². The molecule has 19 heavy (non-hydrogen) atoms. The van der Waals surface area contributed by atoms with Crippen molar-refractivity contribution in [2.24, 2.45) is 0 Å². The Morgan fingerprint density at radius 2 is 2.42 bits per heavy atom. The van der Waals surface area contributed by atoms with Crippen molar-refractivity contribution in [2.45, 2.75) is 32.5 Å². The minimum absolute atomic E-state index is 0.116. The molecule has 1 fully saturated rings. The van der Waals surface area contributed by atoms with Crippen LogP contribution in [0.4, 0.5) is 0 Å². The highest BCUT2D eigenvalue weighted by molar-refractivity contribution is 6.31. The molecule has 0 aliphatic carbocycles. The number of aromatic nitrogens is 1. The van der Waals surface area contributed by atoms with Crippen molar-refractivity contribution in [1.82, 2.24) is 0 Å². The van der Waals surface area contributed by atoms with Crippen molar-refractivity contribution >= 4 is 11.6 Å². The lowest BCUT2D eigenvalue weighted by atomic mass is 10.2. The number of aryl methyl sites for hydroxylation is 1. The summed E-state index contributed by atoms with van der Waals surface area (Å²) >= 11 is 6.03. The Bertz CT molecular complexity index is 502. The predicted molar refractivity (Wildman–Crippen MR) is 73.0 cm³/mol. The van der Waals surface area contributed by atoms with Crippen LogP contribution < -0.4 is 10.5 Å². The molecule has 1 aromatic rings. The highest BCUT2D eigenvalue weighted by Crippen LogP contribution is 2.13. The van der Waals surface area contributed by atoms with Crippen LogP contribution in [0.3, 0.4) is 0 Å².